The number of aromatic nitrogens is 2. The molecule has 1 aromatic heterocycles. The van der Waals surface area contributed by atoms with Crippen LogP contribution >= 0.6 is 15.9 Å². The van der Waals surface area contributed by atoms with Crippen LogP contribution in [0.2, 0.25) is 0 Å². The number of methoxy groups -OCH3 is 1. The smallest absolute Gasteiger partial charge is 0.0766 e. The largest absolute Gasteiger partial charge is 0.380 e. The van der Waals surface area contributed by atoms with Gasteiger partial charge in [-0.3, -0.25) is 4.68 Å². The normalized spacial score (nSPS) is 14.7. The summed E-state index contributed by atoms with van der Waals surface area (Å²) in [5.41, 5.74) is 1.18. The van der Waals surface area contributed by atoms with Gasteiger partial charge in [0.25, 0.3) is 0 Å². The van der Waals surface area contributed by atoms with Gasteiger partial charge in [0.15, 0.2) is 0 Å². The summed E-state index contributed by atoms with van der Waals surface area (Å²) < 4.78 is 8.61. The highest BCUT2D eigenvalue weighted by atomic mass is 79.9. The van der Waals surface area contributed by atoms with Gasteiger partial charge in [-0.05, 0) is 42.2 Å². The van der Waals surface area contributed by atoms with Crippen molar-refractivity contribution in [3.05, 3.63) is 16.4 Å². The summed E-state index contributed by atoms with van der Waals surface area (Å²) in [6.07, 6.45) is 4.16. The van der Waals surface area contributed by atoms with Crippen LogP contribution < -0.4 is 5.32 Å². The second kappa shape index (κ2) is 7.92. The third-order valence-corrected chi connectivity index (χ3v) is 3.63. The Bertz CT molecular complexity index is 354. The highest BCUT2D eigenvalue weighted by molar-refractivity contribution is 9.10. The summed E-state index contributed by atoms with van der Waals surface area (Å²) in [7, 11) is 1.75. The molecule has 104 valence electrons. The number of nitrogens with zero attached hydrogens (tertiary/aromatic N) is 2. The fourth-order valence-corrected chi connectivity index (χ4v) is 2.53. The van der Waals surface area contributed by atoms with E-state index < -0.39 is 0 Å². The molecule has 1 rings (SSSR count). The molecule has 0 aromatic carbocycles. The molecule has 1 N–H and O–H groups in total. The molecule has 4 nitrogen and oxygen atoms in total. The number of nitrogens with one attached hydrogen (secondary N) is 1. The van der Waals surface area contributed by atoms with Crippen LogP contribution in [0.4, 0.5) is 0 Å². The Kier molecular flexibility index (Phi) is 6.89. The highest BCUT2D eigenvalue weighted by Crippen LogP contribution is 2.27. The van der Waals surface area contributed by atoms with Crippen LogP contribution in [0.25, 0.3) is 0 Å². The zero-order chi connectivity index (χ0) is 13.5. The monoisotopic (exact) mass is 317 g/mol. The summed E-state index contributed by atoms with van der Waals surface area (Å²) >= 11 is 3.60. The highest BCUT2D eigenvalue weighted by Gasteiger charge is 2.24. The molecule has 1 aromatic rings. The second-order valence-corrected chi connectivity index (χ2v) is 5.33. The standard InChI is InChI=1S/C13H24BrN3O/c1-5-7-15-12(10(3)18-4)13-11(14)9-16-17(13)8-6-2/h9-10,12,15H,5-8H2,1-4H3. The van der Waals surface area contributed by atoms with E-state index in [2.05, 4.69) is 51.8 Å². The summed E-state index contributed by atoms with van der Waals surface area (Å²) in [5.74, 6) is 0. The predicted molar refractivity (Wildman–Crippen MR) is 77.7 cm³/mol. The Balaban J connectivity index is 2.98. The van der Waals surface area contributed by atoms with Crippen molar-refractivity contribution in [2.24, 2.45) is 0 Å². The van der Waals surface area contributed by atoms with Crippen LogP contribution in [0.15, 0.2) is 10.7 Å². The average Bonchev–Trinajstić information content (AvgIpc) is 2.72. The van der Waals surface area contributed by atoms with E-state index in [0.29, 0.717) is 0 Å². The van der Waals surface area contributed by atoms with Crippen LogP contribution in [0.3, 0.4) is 0 Å². The maximum absolute atomic E-state index is 5.50. The van der Waals surface area contributed by atoms with Gasteiger partial charge in [-0.15, -0.1) is 0 Å². The molecule has 0 bridgehead atoms. The van der Waals surface area contributed by atoms with Gasteiger partial charge in [0, 0.05) is 13.7 Å². The summed E-state index contributed by atoms with van der Waals surface area (Å²) in [6, 6.07) is 0.165. The molecule has 0 fully saturated rings. The quantitative estimate of drug-likeness (QED) is 0.800. The molecule has 18 heavy (non-hydrogen) atoms. The molecule has 5 heteroatoms. The van der Waals surface area contributed by atoms with Crippen molar-refractivity contribution in [3.63, 3.8) is 0 Å². The first-order valence-electron chi connectivity index (χ1n) is 6.63. The van der Waals surface area contributed by atoms with E-state index in [4.69, 9.17) is 4.74 Å². The van der Waals surface area contributed by atoms with E-state index in [1.54, 1.807) is 7.11 Å². The molecule has 2 unspecified atom stereocenters. The molecule has 0 amide bonds. The third-order valence-electron chi connectivity index (χ3n) is 3.02. The Morgan fingerprint density at radius 3 is 2.72 bits per heavy atom. The van der Waals surface area contributed by atoms with Crippen LogP contribution in [-0.4, -0.2) is 29.5 Å². The van der Waals surface area contributed by atoms with E-state index in [1.807, 2.05) is 6.20 Å². The van der Waals surface area contributed by atoms with Crippen molar-refractivity contribution in [2.45, 2.75) is 52.3 Å². The Labute approximate surface area is 118 Å². The summed E-state index contributed by atoms with van der Waals surface area (Å²) in [4.78, 5) is 0. The molecule has 1 heterocycles. The lowest BCUT2D eigenvalue weighted by Gasteiger charge is -2.25. The lowest BCUT2D eigenvalue weighted by molar-refractivity contribution is 0.0796. The van der Waals surface area contributed by atoms with Gasteiger partial charge in [0.2, 0.25) is 0 Å². The van der Waals surface area contributed by atoms with E-state index in [0.717, 1.165) is 30.4 Å². The number of halogens is 1. The first kappa shape index (κ1) is 15.7. The van der Waals surface area contributed by atoms with E-state index >= 15 is 0 Å². The molecule has 0 aliphatic rings. The number of aryl methyl sites for hydroxylation is 1. The molecule has 0 radical (unpaired) electrons. The first-order chi connectivity index (χ1) is 8.65. The van der Waals surface area contributed by atoms with Gasteiger partial charge >= 0.3 is 0 Å². The minimum Gasteiger partial charge on any atom is -0.380 e. The SMILES string of the molecule is CCCNC(c1c(Br)cnn1CCC)C(C)OC. The van der Waals surface area contributed by atoms with Gasteiger partial charge in [-0.25, -0.2) is 0 Å². The predicted octanol–water partition coefficient (Wildman–Crippen LogP) is 3.13. The molecule has 2 atom stereocenters. The fraction of sp³-hybridized carbons (Fsp3) is 0.769. The number of rotatable bonds is 8. The minimum atomic E-state index is 0.111. The summed E-state index contributed by atoms with van der Waals surface area (Å²) in [5, 5.41) is 7.97. The maximum Gasteiger partial charge on any atom is 0.0766 e. The number of hydrogen-bond acceptors (Lipinski definition) is 3. The summed E-state index contributed by atoms with van der Waals surface area (Å²) in [6.45, 7) is 8.32. The molecular formula is C13H24BrN3O. The maximum atomic E-state index is 5.50. The lowest BCUT2D eigenvalue weighted by Crippen LogP contribution is -2.34. The Morgan fingerprint density at radius 2 is 2.17 bits per heavy atom. The number of hydrogen-bond donors (Lipinski definition) is 1. The third kappa shape index (κ3) is 3.80. The van der Waals surface area contributed by atoms with E-state index in [9.17, 15) is 0 Å². The Hall–Kier alpha value is -0.390. The topological polar surface area (TPSA) is 39.1 Å². The van der Waals surface area contributed by atoms with Crippen molar-refractivity contribution in [3.8, 4) is 0 Å². The number of ether oxygens (including phenoxy) is 1. The van der Waals surface area contributed by atoms with Crippen LogP contribution in [0.1, 0.15) is 45.3 Å². The van der Waals surface area contributed by atoms with Gasteiger partial charge in [-0.2, -0.15) is 5.10 Å². The van der Waals surface area contributed by atoms with Crippen molar-refractivity contribution in [1.29, 1.82) is 0 Å². The molecule has 0 saturated carbocycles. The van der Waals surface area contributed by atoms with Crippen LogP contribution in [0, 0.1) is 0 Å². The molecule has 0 aliphatic carbocycles. The zero-order valence-electron chi connectivity index (χ0n) is 11.7. The Morgan fingerprint density at radius 1 is 1.44 bits per heavy atom. The molecular weight excluding hydrogens is 294 g/mol. The van der Waals surface area contributed by atoms with E-state index in [-0.39, 0.29) is 12.1 Å². The van der Waals surface area contributed by atoms with E-state index in [1.165, 1.54) is 5.69 Å². The van der Waals surface area contributed by atoms with Crippen LogP contribution in [0.5, 0.6) is 0 Å². The van der Waals surface area contributed by atoms with Crippen molar-refractivity contribution in [2.75, 3.05) is 13.7 Å². The van der Waals surface area contributed by atoms with Gasteiger partial charge in [-0.1, -0.05) is 13.8 Å². The molecule has 0 saturated heterocycles. The average molecular weight is 318 g/mol. The van der Waals surface area contributed by atoms with Gasteiger partial charge in [0.1, 0.15) is 0 Å². The van der Waals surface area contributed by atoms with Crippen LogP contribution in [-0.2, 0) is 11.3 Å². The van der Waals surface area contributed by atoms with Crippen molar-refractivity contribution in [1.82, 2.24) is 15.1 Å². The zero-order valence-corrected chi connectivity index (χ0v) is 13.3. The van der Waals surface area contributed by atoms with Crippen molar-refractivity contribution < 1.29 is 4.74 Å². The fourth-order valence-electron chi connectivity index (χ4n) is 1.99. The van der Waals surface area contributed by atoms with Crippen molar-refractivity contribution >= 4 is 15.9 Å². The first-order valence-corrected chi connectivity index (χ1v) is 7.42. The molecule has 0 spiro atoms. The second-order valence-electron chi connectivity index (χ2n) is 4.47. The minimum absolute atomic E-state index is 0.111. The van der Waals surface area contributed by atoms with Gasteiger partial charge < -0.3 is 10.1 Å². The van der Waals surface area contributed by atoms with Gasteiger partial charge in [0.05, 0.1) is 28.5 Å². The lowest BCUT2D eigenvalue weighted by atomic mass is 10.1. The molecule has 0 aliphatic heterocycles.